The van der Waals surface area contributed by atoms with Crippen LogP contribution in [0.2, 0.25) is 0 Å². The lowest BCUT2D eigenvalue weighted by molar-refractivity contribution is -0.139. The molecule has 0 bridgehead atoms. The van der Waals surface area contributed by atoms with Crippen LogP contribution < -0.4 is 24.5 Å². The molecule has 0 saturated carbocycles. The fourth-order valence-corrected chi connectivity index (χ4v) is 5.06. The second kappa shape index (κ2) is 10.3. The van der Waals surface area contributed by atoms with Gasteiger partial charge in [-0.15, -0.1) is 0 Å². The van der Waals surface area contributed by atoms with E-state index in [-0.39, 0.29) is 12.2 Å². The van der Waals surface area contributed by atoms with E-state index in [0.717, 1.165) is 11.3 Å². The fourth-order valence-electron chi connectivity index (χ4n) is 4.01. The van der Waals surface area contributed by atoms with Crippen molar-refractivity contribution in [3.63, 3.8) is 0 Å². The smallest absolute Gasteiger partial charge is 0.338 e. The molecule has 2 heterocycles. The number of hydrogen-bond donors (Lipinski definition) is 0. The van der Waals surface area contributed by atoms with E-state index in [9.17, 15) is 14.4 Å². The van der Waals surface area contributed by atoms with Gasteiger partial charge in [0.05, 0.1) is 28.5 Å². The van der Waals surface area contributed by atoms with Crippen molar-refractivity contribution in [1.29, 1.82) is 0 Å². The van der Waals surface area contributed by atoms with E-state index in [4.69, 9.17) is 9.47 Å². The number of hydrogen-bond acceptors (Lipinski definition) is 8. The lowest BCUT2D eigenvalue weighted by Crippen LogP contribution is -2.39. The number of aromatic nitrogens is 1. The minimum atomic E-state index is -0.732. The quantitative estimate of drug-likeness (QED) is 0.378. The third-order valence-corrected chi connectivity index (χ3v) is 6.66. The van der Waals surface area contributed by atoms with Gasteiger partial charge in [0.2, 0.25) is 0 Å². The van der Waals surface area contributed by atoms with Crippen LogP contribution in [0.1, 0.15) is 37.9 Å². The van der Waals surface area contributed by atoms with Crippen LogP contribution in [0.3, 0.4) is 0 Å². The molecule has 0 spiro atoms. The van der Waals surface area contributed by atoms with Gasteiger partial charge in [-0.2, -0.15) is 0 Å². The summed E-state index contributed by atoms with van der Waals surface area (Å²) in [5.41, 5.74) is 3.15. The molecule has 0 unspecified atom stereocenters. The van der Waals surface area contributed by atoms with Crippen LogP contribution >= 0.6 is 11.3 Å². The van der Waals surface area contributed by atoms with Crippen molar-refractivity contribution in [1.82, 2.24) is 4.57 Å². The Balaban J connectivity index is 1.86. The zero-order valence-corrected chi connectivity index (χ0v) is 21.6. The molecule has 1 aromatic heterocycles. The van der Waals surface area contributed by atoms with Gasteiger partial charge in [-0.3, -0.25) is 14.2 Å². The molecule has 0 saturated heterocycles. The molecule has 0 N–H and O–H groups in total. The molecular formula is C27H27N3O5S. The van der Waals surface area contributed by atoms with E-state index in [2.05, 4.69) is 4.99 Å². The molecule has 8 nitrogen and oxygen atoms in total. The van der Waals surface area contributed by atoms with Crippen LogP contribution in [0.4, 0.5) is 5.69 Å². The summed E-state index contributed by atoms with van der Waals surface area (Å²) in [6, 6.07) is 13.9. The van der Waals surface area contributed by atoms with Crippen molar-refractivity contribution in [2.45, 2.75) is 26.8 Å². The SMILES string of the molecule is CCOC(=O)C1=C(C)N=c2sc(=Cc3ccc(N(C)C)cc3)c(=O)n2[C@@H]1c1ccc(OC(C)=O)cc1. The Morgan fingerprint density at radius 1 is 1.11 bits per heavy atom. The van der Waals surface area contributed by atoms with E-state index < -0.39 is 18.0 Å². The number of carbonyl (C=O) groups is 2. The van der Waals surface area contributed by atoms with Gasteiger partial charge in [0.25, 0.3) is 5.56 Å². The highest BCUT2D eigenvalue weighted by Crippen LogP contribution is 2.31. The lowest BCUT2D eigenvalue weighted by Gasteiger charge is -2.24. The van der Waals surface area contributed by atoms with Crippen LogP contribution in [-0.2, 0) is 14.3 Å². The lowest BCUT2D eigenvalue weighted by atomic mass is 9.96. The number of allylic oxidation sites excluding steroid dienone is 1. The predicted octanol–water partition coefficient (Wildman–Crippen LogP) is 2.79. The Labute approximate surface area is 212 Å². The van der Waals surface area contributed by atoms with Crippen molar-refractivity contribution in [2.24, 2.45) is 4.99 Å². The maximum Gasteiger partial charge on any atom is 0.338 e. The molecule has 2 aromatic carbocycles. The van der Waals surface area contributed by atoms with Gasteiger partial charge in [0.1, 0.15) is 5.75 Å². The number of ether oxygens (including phenoxy) is 2. The predicted molar refractivity (Wildman–Crippen MR) is 139 cm³/mol. The first-order valence-corrected chi connectivity index (χ1v) is 12.3. The summed E-state index contributed by atoms with van der Waals surface area (Å²) >= 11 is 1.27. The van der Waals surface area contributed by atoms with E-state index in [0.29, 0.717) is 31.9 Å². The van der Waals surface area contributed by atoms with E-state index in [1.54, 1.807) is 38.1 Å². The molecule has 0 aliphatic carbocycles. The maximum absolute atomic E-state index is 13.7. The number of fused-ring (bicyclic) bond motifs is 1. The molecule has 1 aliphatic heterocycles. The molecule has 3 aromatic rings. The largest absolute Gasteiger partial charge is 0.463 e. The molecule has 0 fully saturated rings. The molecule has 1 aliphatic rings. The standard InChI is InChI=1S/C27H27N3O5S/c1-6-34-26(33)23-16(2)28-27-30(24(23)19-9-13-21(14-10-19)35-17(3)31)25(32)22(36-27)15-18-7-11-20(12-8-18)29(4)5/h7-15,24H,6H2,1-5H3/t24-/m1/s1. The van der Waals surface area contributed by atoms with Crippen LogP contribution in [-0.4, -0.2) is 37.2 Å². The van der Waals surface area contributed by atoms with E-state index >= 15 is 0 Å². The van der Waals surface area contributed by atoms with Crippen molar-refractivity contribution < 1.29 is 19.1 Å². The average Bonchev–Trinajstić information content (AvgIpc) is 3.13. The Bertz CT molecular complexity index is 1510. The average molecular weight is 506 g/mol. The molecule has 0 amide bonds. The normalized spacial score (nSPS) is 15.2. The minimum absolute atomic E-state index is 0.196. The Morgan fingerprint density at radius 2 is 1.78 bits per heavy atom. The summed E-state index contributed by atoms with van der Waals surface area (Å²) in [5.74, 6) is -0.586. The number of nitrogens with zero attached hydrogens (tertiary/aromatic N) is 3. The van der Waals surface area contributed by atoms with Gasteiger partial charge in [-0.25, -0.2) is 9.79 Å². The van der Waals surface area contributed by atoms with Crippen LogP contribution in [0.15, 0.2) is 69.6 Å². The van der Waals surface area contributed by atoms with E-state index in [1.165, 1.54) is 22.8 Å². The summed E-state index contributed by atoms with van der Waals surface area (Å²) in [4.78, 5) is 45.0. The number of thiazole rings is 1. The number of carbonyl (C=O) groups excluding carboxylic acids is 2. The zero-order chi connectivity index (χ0) is 26.0. The summed E-state index contributed by atoms with van der Waals surface area (Å²) in [7, 11) is 3.94. The van der Waals surface area contributed by atoms with Crippen molar-refractivity contribution in [3.05, 3.63) is 90.6 Å². The molecule has 0 radical (unpaired) electrons. The van der Waals surface area contributed by atoms with Gasteiger partial charge >= 0.3 is 11.9 Å². The zero-order valence-electron chi connectivity index (χ0n) is 20.8. The van der Waals surface area contributed by atoms with Gasteiger partial charge in [0, 0.05) is 26.7 Å². The maximum atomic E-state index is 13.7. The second-order valence-corrected chi connectivity index (χ2v) is 9.46. The highest BCUT2D eigenvalue weighted by molar-refractivity contribution is 7.07. The summed E-state index contributed by atoms with van der Waals surface area (Å²) in [5, 5.41) is 0. The first-order valence-electron chi connectivity index (χ1n) is 11.4. The number of rotatable bonds is 6. The fraction of sp³-hybridized carbons (Fsp3) is 0.259. The van der Waals surface area contributed by atoms with Crippen LogP contribution in [0, 0.1) is 0 Å². The van der Waals surface area contributed by atoms with Crippen LogP contribution in [0.5, 0.6) is 5.75 Å². The number of benzene rings is 2. The summed E-state index contributed by atoms with van der Waals surface area (Å²) in [6.07, 6.45) is 1.83. The number of esters is 2. The highest BCUT2D eigenvalue weighted by Gasteiger charge is 2.33. The van der Waals surface area contributed by atoms with Gasteiger partial charge in [0.15, 0.2) is 4.80 Å². The third kappa shape index (κ3) is 5.01. The summed E-state index contributed by atoms with van der Waals surface area (Å²) in [6.45, 7) is 4.99. The molecular weight excluding hydrogens is 478 g/mol. The molecule has 4 rings (SSSR count). The Morgan fingerprint density at radius 3 is 2.36 bits per heavy atom. The molecule has 186 valence electrons. The molecule has 9 heteroatoms. The monoisotopic (exact) mass is 505 g/mol. The third-order valence-electron chi connectivity index (χ3n) is 5.68. The summed E-state index contributed by atoms with van der Waals surface area (Å²) < 4.78 is 12.5. The highest BCUT2D eigenvalue weighted by atomic mass is 32.1. The topological polar surface area (TPSA) is 90.2 Å². The van der Waals surface area contributed by atoms with Gasteiger partial charge < -0.3 is 14.4 Å². The molecule has 1 atom stereocenters. The van der Waals surface area contributed by atoms with Crippen molar-refractivity contribution in [3.8, 4) is 5.75 Å². The second-order valence-electron chi connectivity index (χ2n) is 8.45. The minimum Gasteiger partial charge on any atom is -0.463 e. The van der Waals surface area contributed by atoms with Crippen molar-refractivity contribution in [2.75, 3.05) is 25.6 Å². The number of anilines is 1. The molecule has 36 heavy (non-hydrogen) atoms. The first kappa shape index (κ1) is 25.1. The van der Waals surface area contributed by atoms with Crippen molar-refractivity contribution >= 4 is 35.0 Å². The first-order chi connectivity index (χ1) is 17.2. The van der Waals surface area contributed by atoms with E-state index in [1.807, 2.05) is 49.3 Å². The Hall–Kier alpha value is -3.98. The van der Waals surface area contributed by atoms with Gasteiger partial charge in [-0.05, 0) is 55.3 Å². The van der Waals surface area contributed by atoms with Crippen LogP contribution in [0.25, 0.3) is 6.08 Å². The Kier molecular flexibility index (Phi) is 7.21. The van der Waals surface area contributed by atoms with Gasteiger partial charge in [-0.1, -0.05) is 35.6 Å².